The van der Waals surface area contributed by atoms with Crippen molar-refractivity contribution in [2.75, 3.05) is 13.3 Å². The molecule has 1 atom stereocenters. The number of benzene rings is 1. The van der Waals surface area contributed by atoms with Crippen molar-refractivity contribution in [1.29, 1.82) is 0 Å². The summed E-state index contributed by atoms with van der Waals surface area (Å²) in [6, 6.07) is 3.71. The van der Waals surface area contributed by atoms with Gasteiger partial charge in [-0.15, -0.1) is 0 Å². The molecule has 6 heteroatoms. The van der Waals surface area contributed by atoms with Crippen LogP contribution in [-0.2, 0) is 11.3 Å². The topological polar surface area (TPSA) is 59.0 Å². The lowest BCUT2D eigenvalue weighted by Gasteiger charge is -2.41. The molecule has 0 radical (unpaired) electrons. The fourth-order valence-corrected chi connectivity index (χ4v) is 3.29. The van der Waals surface area contributed by atoms with Gasteiger partial charge in [0.1, 0.15) is 5.54 Å². The summed E-state index contributed by atoms with van der Waals surface area (Å²) in [5, 5.41) is 10.1. The minimum atomic E-state index is -0.818. The number of rotatable bonds is 3. The van der Waals surface area contributed by atoms with Gasteiger partial charge in [-0.3, -0.25) is 9.69 Å². The second-order valence-corrected chi connectivity index (χ2v) is 6.18. The summed E-state index contributed by atoms with van der Waals surface area (Å²) in [5.41, 5.74) is 0.125. The third-order valence-electron chi connectivity index (χ3n) is 4.36. The first-order valence-corrected chi connectivity index (χ1v) is 7.45. The van der Waals surface area contributed by atoms with Gasteiger partial charge in [-0.1, -0.05) is 11.6 Å². The lowest BCUT2D eigenvalue weighted by atomic mass is 9.88. The van der Waals surface area contributed by atoms with Crippen LogP contribution >= 0.6 is 11.6 Å². The molecule has 0 aromatic heterocycles. The third kappa shape index (κ3) is 2.56. The molecular weight excluding hydrogens is 294 g/mol. The monoisotopic (exact) mass is 311 g/mol. The Morgan fingerprint density at radius 1 is 1.43 bits per heavy atom. The molecule has 0 spiro atoms. The number of aliphatic carboxylic acids is 1. The highest BCUT2D eigenvalue weighted by Gasteiger charge is 2.41. The van der Waals surface area contributed by atoms with Crippen LogP contribution in [0.5, 0.6) is 11.5 Å². The first-order chi connectivity index (χ1) is 10.0. The summed E-state index contributed by atoms with van der Waals surface area (Å²) in [6.45, 7) is 3.28. The molecule has 0 saturated carbocycles. The molecule has 5 nitrogen and oxygen atoms in total. The van der Waals surface area contributed by atoms with Crippen molar-refractivity contribution in [2.24, 2.45) is 0 Å². The number of halogens is 1. The van der Waals surface area contributed by atoms with Crippen molar-refractivity contribution >= 4 is 17.6 Å². The average Bonchev–Trinajstić information content (AvgIpc) is 2.90. The van der Waals surface area contributed by atoms with E-state index >= 15 is 0 Å². The Kier molecular flexibility index (Phi) is 3.71. The zero-order valence-corrected chi connectivity index (χ0v) is 12.7. The summed E-state index contributed by atoms with van der Waals surface area (Å²) in [7, 11) is 0. The molecule has 0 aliphatic carbocycles. The summed E-state index contributed by atoms with van der Waals surface area (Å²) in [6.07, 6.45) is 2.63. The maximum Gasteiger partial charge on any atom is 0.323 e. The highest BCUT2D eigenvalue weighted by Crippen LogP contribution is 2.40. The molecule has 2 aliphatic heterocycles. The van der Waals surface area contributed by atoms with E-state index in [0.29, 0.717) is 29.5 Å². The fraction of sp³-hybridized carbons (Fsp3) is 0.533. The van der Waals surface area contributed by atoms with Crippen LogP contribution < -0.4 is 9.47 Å². The lowest BCUT2D eigenvalue weighted by molar-refractivity contribution is -0.153. The van der Waals surface area contributed by atoms with Crippen molar-refractivity contribution in [3.63, 3.8) is 0 Å². The summed E-state index contributed by atoms with van der Waals surface area (Å²) in [5.74, 6) is 0.431. The second-order valence-electron chi connectivity index (χ2n) is 5.77. The number of nitrogens with zero attached hydrogens (tertiary/aromatic N) is 1. The van der Waals surface area contributed by atoms with Gasteiger partial charge < -0.3 is 14.6 Å². The van der Waals surface area contributed by atoms with Crippen LogP contribution in [0.15, 0.2) is 12.1 Å². The van der Waals surface area contributed by atoms with Crippen molar-refractivity contribution in [2.45, 2.75) is 38.3 Å². The largest absolute Gasteiger partial charge is 0.480 e. The van der Waals surface area contributed by atoms with E-state index in [1.54, 1.807) is 6.92 Å². The van der Waals surface area contributed by atoms with Gasteiger partial charge in [0.05, 0.1) is 5.02 Å². The van der Waals surface area contributed by atoms with Crippen LogP contribution in [0.2, 0.25) is 5.02 Å². The highest BCUT2D eigenvalue weighted by atomic mass is 35.5. The first kappa shape index (κ1) is 14.5. The molecule has 114 valence electrons. The van der Waals surface area contributed by atoms with E-state index in [1.807, 2.05) is 17.0 Å². The average molecular weight is 312 g/mol. The van der Waals surface area contributed by atoms with E-state index < -0.39 is 11.5 Å². The van der Waals surface area contributed by atoms with E-state index in [2.05, 4.69) is 0 Å². The van der Waals surface area contributed by atoms with Crippen LogP contribution in [0.3, 0.4) is 0 Å². The Bertz CT molecular complexity index is 577. The minimum Gasteiger partial charge on any atom is -0.480 e. The summed E-state index contributed by atoms with van der Waals surface area (Å²) < 4.78 is 10.7. The summed E-state index contributed by atoms with van der Waals surface area (Å²) in [4.78, 5) is 13.6. The van der Waals surface area contributed by atoms with Crippen LogP contribution in [0.4, 0.5) is 0 Å². The molecule has 1 aromatic carbocycles. The van der Waals surface area contributed by atoms with E-state index in [0.717, 1.165) is 24.9 Å². The predicted octanol–water partition coefficient (Wildman–Crippen LogP) is 2.90. The standard InChI is InChI=1S/C15H18ClNO4/c1-15(14(18)19)4-2-3-5-17(15)8-10-6-11(16)13-12(7-10)20-9-21-13/h6-7H,2-5,8-9H2,1H3,(H,18,19). The van der Waals surface area contributed by atoms with Gasteiger partial charge >= 0.3 is 5.97 Å². The van der Waals surface area contributed by atoms with Gasteiger partial charge in [-0.25, -0.2) is 0 Å². The van der Waals surface area contributed by atoms with Gasteiger partial charge in [0.25, 0.3) is 0 Å². The van der Waals surface area contributed by atoms with Gasteiger partial charge in [0.15, 0.2) is 11.5 Å². The zero-order chi connectivity index (χ0) is 15.0. The third-order valence-corrected chi connectivity index (χ3v) is 4.64. The molecule has 1 saturated heterocycles. The SMILES string of the molecule is CC1(C(=O)O)CCCCN1Cc1cc(Cl)c2c(c1)OCO2. The summed E-state index contributed by atoms with van der Waals surface area (Å²) >= 11 is 6.19. The number of likely N-dealkylation sites (tertiary alicyclic amines) is 1. The Balaban J connectivity index is 1.85. The van der Waals surface area contributed by atoms with Crippen molar-refractivity contribution in [3.8, 4) is 11.5 Å². The molecule has 2 heterocycles. The van der Waals surface area contributed by atoms with E-state index in [1.165, 1.54) is 0 Å². The van der Waals surface area contributed by atoms with E-state index in [4.69, 9.17) is 21.1 Å². The Morgan fingerprint density at radius 3 is 3.00 bits per heavy atom. The minimum absolute atomic E-state index is 0.176. The molecule has 3 rings (SSSR count). The van der Waals surface area contributed by atoms with Gasteiger partial charge in [-0.2, -0.15) is 0 Å². The van der Waals surface area contributed by atoms with Crippen LogP contribution in [0, 0.1) is 0 Å². The van der Waals surface area contributed by atoms with Crippen molar-refractivity contribution in [3.05, 3.63) is 22.7 Å². The molecule has 1 fully saturated rings. The van der Waals surface area contributed by atoms with Crippen LogP contribution in [0.1, 0.15) is 31.7 Å². The molecule has 0 amide bonds. The van der Waals surface area contributed by atoms with Crippen LogP contribution in [-0.4, -0.2) is 34.9 Å². The van der Waals surface area contributed by atoms with Gasteiger partial charge in [-0.05, 0) is 50.4 Å². The number of carboxylic acids is 1. The number of hydrogen-bond acceptors (Lipinski definition) is 4. The fourth-order valence-electron chi connectivity index (χ4n) is 3.00. The van der Waals surface area contributed by atoms with Gasteiger partial charge in [0.2, 0.25) is 6.79 Å². The molecular formula is C15H18ClNO4. The number of fused-ring (bicyclic) bond motifs is 1. The number of carboxylic acid groups (broad SMARTS) is 1. The smallest absolute Gasteiger partial charge is 0.323 e. The molecule has 21 heavy (non-hydrogen) atoms. The number of carbonyl (C=O) groups is 1. The zero-order valence-electron chi connectivity index (χ0n) is 11.9. The molecule has 2 aliphatic rings. The number of piperidine rings is 1. The first-order valence-electron chi connectivity index (χ1n) is 7.07. The Hall–Kier alpha value is -1.46. The molecule has 1 N–H and O–H groups in total. The maximum atomic E-state index is 11.6. The van der Waals surface area contributed by atoms with Crippen LogP contribution in [0.25, 0.3) is 0 Å². The molecule has 0 bridgehead atoms. The quantitative estimate of drug-likeness (QED) is 0.930. The predicted molar refractivity (Wildman–Crippen MR) is 77.9 cm³/mol. The Morgan fingerprint density at radius 2 is 2.24 bits per heavy atom. The Labute approximate surface area is 128 Å². The maximum absolute atomic E-state index is 11.6. The number of hydrogen-bond donors (Lipinski definition) is 1. The van der Waals surface area contributed by atoms with Crippen molar-refractivity contribution in [1.82, 2.24) is 4.90 Å². The second kappa shape index (κ2) is 5.39. The number of ether oxygens (including phenoxy) is 2. The normalized spacial score (nSPS) is 25.0. The lowest BCUT2D eigenvalue weighted by Crippen LogP contribution is -2.54. The van der Waals surface area contributed by atoms with Gasteiger partial charge in [0, 0.05) is 6.54 Å². The van der Waals surface area contributed by atoms with E-state index in [9.17, 15) is 9.90 Å². The highest BCUT2D eigenvalue weighted by molar-refractivity contribution is 6.32. The van der Waals surface area contributed by atoms with Crippen molar-refractivity contribution < 1.29 is 19.4 Å². The molecule has 1 aromatic rings. The van der Waals surface area contributed by atoms with E-state index in [-0.39, 0.29) is 6.79 Å². The molecule has 1 unspecified atom stereocenters.